The molecule has 1 saturated heterocycles. The molecular formula is C23H31N5O8. The summed E-state index contributed by atoms with van der Waals surface area (Å²) in [5.74, 6) is -3.17. The van der Waals surface area contributed by atoms with Gasteiger partial charge >= 0.3 is 24.1 Å². The van der Waals surface area contributed by atoms with E-state index in [1.54, 1.807) is 41.5 Å². The van der Waals surface area contributed by atoms with Gasteiger partial charge in [-0.3, -0.25) is 4.79 Å². The van der Waals surface area contributed by atoms with Crippen LogP contribution in [-0.4, -0.2) is 61.7 Å². The first-order valence-electron chi connectivity index (χ1n) is 11.5. The zero-order chi connectivity index (χ0) is 26.8. The van der Waals surface area contributed by atoms with Crippen LogP contribution in [0.1, 0.15) is 67.0 Å². The van der Waals surface area contributed by atoms with Gasteiger partial charge in [0.1, 0.15) is 22.9 Å². The third-order valence-corrected chi connectivity index (χ3v) is 4.80. The molecule has 2 aromatic heterocycles. The fourth-order valence-corrected chi connectivity index (χ4v) is 3.40. The smallest absolute Gasteiger partial charge is 0.425 e. The molecule has 0 saturated carbocycles. The summed E-state index contributed by atoms with van der Waals surface area (Å²) in [7, 11) is 0. The molecule has 3 heterocycles. The first-order valence-corrected chi connectivity index (χ1v) is 11.5. The highest BCUT2D eigenvalue weighted by molar-refractivity contribution is 6.37. The lowest BCUT2D eigenvalue weighted by molar-refractivity contribution is -0.147. The molecule has 1 fully saturated rings. The summed E-state index contributed by atoms with van der Waals surface area (Å²) in [6, 6.07) is 0. The normalized spacial score (nSPS) is 16.3. The van der Waals surface area contributed by atoms with Gasteiger partial charge in [-0.2, -0.15) is 10.00 Å². The van der Waals surface area contributed by atoms with Crippen LogP contribution in [0.5, 0.6) is 0 Å². The summed E-state index contributed by atoms with van der Waals surface area (Å²) in [5, 5.41) is 15.9. The molecule has 2 N–H and O–H groups in total. The van der Waals surface area contributed by atoms with Gasteiger partial charge in [0.2, 0.25) is 0 Å². The van der Waals surface area contributed by atoms with Gasteiger partial charge < -0.3 is 24.6 Å². The fourth-order valence-electron chi connectivity index (χ4n) is 3.40. The standard InChI is InChI=1S/C23H31N5O8/c1-22(2,3)35-20(32)28(21(33)36-23(4,5)6)17-13-12-27(15-9-7-8-10-34-15)26-16(13)14(11-24-17)25-18(29)19(30)31/h11-12,15H,7-10H2,1-6H3,(H,25,29)(H,30,31). The van der Waals surface area contributed by atoms with Crippen molar-refractivity contribution in [3.05, 3.63) is 12.4 Å². The zero-order valence-electron chi connectivity index (χ0n) is 21.2. The number of nitrogens with one attached hydrogen (secondary N) is 1. The van der Waals surface area contributed by atoms with E-state index in [1.165, 1.54) is 10.9 Å². The Bertz CT molecular complexity index is 1140. The number of carbonyl (C=O) groups excluding carboxylic acids is 3. The quantitative estimate of drug-likeness (QED) is 0.586. The van der Waals surface area contributed by atoms with Crippen molar-refractivity contribution in [2.45, 2.75) is 78.2 Å². The third kappa shape index (κ3) is 6.47. The molecule has 3 rings (SSSR count). The predicted molar refractivity (Wildman–Crippen MR) is 128 cm³/mol. The van der Waals surface area contributed by atoms with Gasteiger partial charge in [0.05, 0.1) is 17.3 Å². The van der Waals surface area contributed by atoms with Crippen LogP contribution in [0.25, 0.3) is 10.9 Å². The van der Waals surface area contributed by atoms with Crippen molar-refractivity contribution in [2.75, 3.05) is 16.8 Å². The van der Waals surface area contributed by atoms with E-state index in [0.717, 1.165) is 19.0 Å². The molecule has 2 aromatic rings. The topological polar surface area (TPSA) is 162 Å². The second kappa shape index (κ2) is 10.1. The van der Waals surface area contributed by atoms with E-state index in [4.69, 9.17) is 19.3 Å². The van der Waals surface area contributed by atoms with Crippen LogP contribution < -0.4 is 10.2 Å². The molecule has 1 unspecified atom stereocenters. The van der Waals surface area contributed by atoms with Gasteiger partial charge in [-0.05, 0) is 60.8 Å². The number of amides is 3. The van der Waals surface area contributed by atoms with Crippen LogP contribution in [-0.2, 0) is 23.8 Å². The van der Waals surface area contributed by atoms with Gasteiger partial charge in [0.15, 0.2) is 5.82 Å². The molecule has 36 heavy (non-hydrogen) atoms. The Hall–Kier alpha value is -3.74. The Balaban J connectivity index is 2.18. The second-order valence-electron chi connectivity index (χ2n) is 10.2. The molecule has 0 spiro atoms. The molecule has 13 nitrogen and oxygen atoms in total. The minimum absolute atomic E-state index is 0.0240. The summed E-state index contributed by atoms with van der Waals surface area (Å²) >= 11 is 0. The molecule has 0 bridgehead atoms. The number of ether oxygens (including phenoxy) is 3. The van der Waals surface area contributed by atoms with Crippen molar-refractivity contribution >= 4 is 46.5 Å². The summed E-state index contributed by atoms with van der Waals surface area (Å²) in [5.41, 5.74) is -1.80. The molecule has 0 aliphatic carbocycles. The minimum atomic E-state index is -1.70. The molecule has 1 aliphatic rings. The van der Waals surface area contributed by atoms with Crippen LogP contribution in [0.2, 0.25) is 0 Å². The van der Waals surface area contributed by atoms with E-state index in [9.17, 15) is 19.2 Å². The van der Waals surface area contributed by atoms with Crippen molar-refractivity contribution < 1.29 is 38.5 Å². The number of aromatic nitrogens is 3. The number of rotatable bonds is 3. The lowest BCUT2D eigenvalue weighted by Crippen LogP contribution is -2.44. The van der Waals surface area contributed by atoms with E-state index >= 15 is 0 Å². The summed E-state index contributed by atoms with van der Waals surface area (Å²) in [6.45, 7) is 10.4. The van der Waals surface area contributed by atoms with Gasteiger partial charge in [-0.1, -0.05) is 0 Å². The summed E-state index contributed by atoms with van der Waals surface area (Å²) in [6.07, 6.45) is 2.59. The van der Waals surface area contributed by atoms with Crippen molar-refractivity contribution in [1.82, 2.24) is 14.8 Å². The van der Waals surface area contributed by atoms with E-state index in [1.807, 2.05) is 0 Å². The maximum absolute atomic E-state index is 13.2. The van der Waals surface area contributed by atoms with Crippen molar-refractivity contribution in [1.29, 1.82) is 0 Å². The molecule has 3 amide bonds. The number of carboxylic acids is 1. The fraction of sp³-hybridized carbons (Fsp3) is 0.565. The van der Waals surface area contributed by atoms with Crippen LogP contribution in [0, 0.1) is 0 Å². The number of anilines is 2. The van der Waals surface area contributed by atoms with Crippen molar-refractivity contribution in [3.63, 3.8) is 0 Å². The number of fused-ring (bicyclic) bond motifs is 1. The van der Waals surface area contributed by atoms with E-state index in [-0.39, 0.29) is 22.4 Å². The number of nitrogens with zero attached hydrogens (tertiary/aromatic N) is 4. The van der Waals surface area contributed by atoms with E-state index < -0.39 is 41.5 Å². The minimum Gasteiger partial charge on any atom is -0.474 e. The predicted octanol–water partition coefficient (Wildman–Crippen LogP) is 3.83. The highest BCUT2D eigenvalue weighted by Crippen LogP contribution is 2.33. The van der Waals surface area contributed by atoms with Gasteiger partial charge in [0.25, 0.3) is 0 Å². The lowest BCUT2D eigenvalue weighted by atomic mass is 10.2. The van der Waals surface area contributed by atoms with Gasteiger partial charge in [-0.15, -0.1) is 0 Å². The van der Waals surface area contributed by atoms with Crippen molar-refractivity contribution in [3.8, 4) is 0 Å². The molecule has 0 radical (unpaired) electrons. The number of carboxylic acid groups (broad SMARTS) is 1. The maximum Gasteiger partial charge on any atom is 0.425 e. The molecular weight excluding hydrogens is 474 g/mol. The van der Waals surface area contributed by atoms with E-state index in [2.05, 4.69) is 15.4 Å². The van der Waals surface area contributed by atoms with Crippen LogP contribution in [0.15, 0.2) is 12.4 Å². The number of carbonyl (C=O) groups is 4. The number of hydrogen-bond acceptors (Lipinski definition) is 9. The van der Waals surface area contributed by atoms with Crippen LogP contribution >= 0.6 is 0 Å². The first-order chi connectivity index (χ1) is 16.7. The Morgan fingerprint density at radius 2 is 1.69 bits per heavy atom. The second-order valence-corrected chi connectivity index (χ2v) is 10.2. The molecule has 13 heteroatoms. The zero-order valence-corrected chi connectivity index (χ0v) is 21.2. The molecule has 0 aromatic carbocycles. The van der Waals surface area contributed by atoms with Crippen LogP contribution in [0.4, 0.5) is 21.1 Å². The summed E-state index contributed by atoms with van der Waals surface area (Å²) in [4.78, 5) is 54.1. The van der Waals surface area contributed by atoms with E-state index in [0.29, 0.717) is 17.9 Å². The first kappa shape index (κ1) is 26.9. The Labute approximate surface area is 207 Å². The summed E-state index contributed by atoms with van der Waals surface area (Å²) < 4.78 is 18.1. The number of imide groups is 1. The van der Waals surface area contributed by atoms with Crippen molar-refractivity contribution in [2.24, 2.45) is 0 Å². The largest absolute Gasteiger partial charge is 0.474 e. The average Bonchev–Trinajstić information content (AvgIpc) is 3.19. The third-order valence-electron chi connectivity index (χ3n) is 4.80. The highest BCUT2D eigenvalue weighted by atomic mass is 16.6. The number of aliphatic carboxylic acids is 1. The average molecular weight is 506 g/mol. The SMILES string of the molecule is CC(C)(C)OC(=O)N(C(=O)OC(C)(C)C)c1ncc(NC(=O)C(=O)O)c2nn(C3CCCCO3)cc12. The Morgan fingerprint density at radius 1 is 1.08 bits per heavy atom. The Morgan fingerprint density at radius 3 is 2.19 bits per heavy atom. The maximum atomic E-state index is 13.2. The molecule has 196 valence electrons. The van der Waals surface area contributed by atoms with Gasteiger partial charge in [-0.25, -0.2) is 24.0 Å². The Kier molecular flexibility index (Phi) is 7.53. The lowest BCUT2D eigenvalue weighted by Gasteiger charge is -2.28. The monoisotopic (exact) mass is 505 g/mol. The highest BCUT2D eigenvalue weighted by Gasteiger charge is 2.36. The number of hydrogen-bond donors (Lipinski definition) is 2. The van der Waals surface area contributed by atoms with Gasteiger partial charge in [0, 0.05) is 12.8 Å². The number of pyridine rings is 1. The molecule has 1 atom stereocenters. The molecule has 1 aliphatic heterocycles. The van der Waals surface area contributed by atoms with Crippen LogP contribution in [0.3, 0.4) is 0 Å².